The van der Waals surface area contributed by atoms with Gasteiger partial charge in [0.15, 0.2) is 11.6 Å². The van der Waals surface area contributed by atoms with Crippen molar-refractivity contribution in [1.29, 1.82) is 0 Å². The molecule has 2 heterocycles. The number of aromatic amines is 1. The molecule has 23 heavy (non-hydrogen) atoms. The van der Waals surface area contributed by atoms with E-state index >= 15 is 0 Å². The number of nitrogens with one attached hydrogen (secondary N) is 3. The summed E-state index contributed by atoms with van der Waals surface area (Å²) in [5, 5.41) is 5.66. The molecule has 1 unspecified atom stereocenters. The van der Waals surface area contributed by atoms with Crippen LogP contribution in [-0.2, 0) is 17.8 Å². The molecule has 3 N–H and O–H groups in total. The number of carbonyl (C=O) groups excluding carboxylic acids is 1. The van der Waals surface area contributed by atoms with Gasteiger partial charge in [0.25, 0.3) is 0 Å². The number of amides is 1. The Labute approximate surface area is 131 Å². The maximum absolute atomic E-state index is 13.9. The third-order valence-electron chi connectivity index (χ3n) is 3.81. The van der Waals surface area contributed by atoms with Crippen LogP contribution in [0.2, 0.25) is 0 Å². The third-order valence-corrected chi connectivity index (χ3v) is 3.81. The van der Waals surface area contributed by atoms with E-state index in [1.54, 1.807) is 0 Å². The van der Waals surface area contributed by atoms with Gasteiger partial charge in [0, 0.05) is 30.8 Å². The first-order valence-corrected chi connectivity index (χ1v) is 7.16. The highest BCUT2D eigenvalue weighted by molar-refractivity contribution is 5.83. The molecule has 2 aromatic rings. The maximum atomic E-state index is 13.9. The first-order chi connectivity index (χ1) is 11.1. The molecule has 0 radical (unpaired) electrons. The van der Waals surface area contributed by atoms with Gasteiger partial charge in [0.05, 0.1) is 19.1 Å². The maximum Gasteiger partial charge on any atom is 0.243 e. The van der Waals surface area contributed by atoms with Crippen molar-refractivity contribution < 1.29 is 18.3 Å². The van der Waals surface area contributed by atoms with Crippen molar-refractivity contribution in [2.75, 3.05) is 13.7 Å². The standard InChI is InChI=1S/C15H16F2N4O2/c1-23-10-3-2-8(11(16)12(10)17)6-19-15(22)14-13-9(4-5-18-14)20-7-21-13/h2-3,7,14,18H,4-6H2,1H3,(H,19,22)(H,20,21). The van der Waals surface area contributed by atoms with Crippen molar-refractivity contribution in [2.24, 2.45) is 0 Å². The number of halogens is 2. The fraction of sp³-hybridized carbons (Fsp3) is 0.333. The topological polar surface area (TPSA) is 79.0 Å². The summed E-state index contributed by atoms with van der Waals surface area (Å²) in [6.07, 6.45) is 2.30. The fourth-order valence-corrected chi connectivity index (χ4v) is 2.59. The van der Waals surface area contributed by atoms with E-state index in [-0.39, 0.29) is 23.8 Å². The predicted molar refractivity (Wildman–Crippen MR) is 77.8 cm³/mol. The second-order valence-electron chi connectivity index (χ2n) is 5.18. The van der Waals surface area contributed by atoms with Gasteiger partial charge in [-0.15, -0.1) is 0 Å². The molecule has 0 bridgehead atoms. The minimum Gasteiger partial charge on any atom is -0.494 e. The number of nitrogens with zero attached hydrogens (tertiary/aromatic N) is 1. The number of aromatic nitrogens is 2. The van der Waals surface area contributed by atoms with Crippen LogP contribution in [0, 0.1) is 11.6 Å². The van der Waals surface area contributed by atoms with Crippen LogP contribution in [0.25, 0.3) is 0 Å². The van der Waals surface area contributed by atoms with Crippen LogP contribution in [0.15, 0.2) is 18.5 Å². The minimum atomic E-state index is -1.07. The van der Waals surface area contributed by atoms with Gasteiger partial charge in [0.2, 0.25) is 11.7 Å². The summed E-state index contributed by atoms with van der Waals surface area (Å²) in [5.41, 5.74) is 1.59. The van der Waals surface area contributed by atoms with Gasteiger partial charge < -0.3 is 20.4 Å². The molecule has 0 fully saturated rings. The van der Waals surface area contributed by atoms with Gasteiger partial charge in [-0.3, -0.25) is 4.79 Å². The molecule has 0 aliphatic carbocycles. The largest absolute Gasteiger partial charge is 0.494 e. The van der Waals surface area contributed by atoms with Crippen molar-refractivity contribution in [2.45, 2.75) is 19.0 Å². The number of hydrogen-bond acceptors (Lipinski definition) is 4. The average molecular weight is 322 g/mol. The Balaban J connectivity index is 1.70. The zero-order valence-corrected chi connectivity index (χ0v) is 12.5. The first kappa shape index (κ1) is 15.4. The normalized spacial score (nSPS) is 16.7. The zero-order chi connectivity index (χ0) is 16.4. The molecule has 1 atom stereocenters. The number of hydrogen-bond donors (Lipinski definition) is 3. The number of methoxy groups -OCH3 is 1. The minimum absolute atomic E-state index is 0.0507. The van der Waals surface area contributed by atoms with Crippen LogP contribution in [0.5, 0.6) is 5.75 Å². The summed E-state index contributed by atoms with van der Waals surface area (Å²) < 4.78 is 32.3. The molecule has 1 aromatic carbocycles. The molecule has 3 rings (SSSR count). The van der Waals surface area contributed by atoms with Crippen LogP contribution >= 0.6 is 0 Å². The molecule has 8 heteroatoms. The van der Waals surface area contributed by atoms with E-state index in [9.17, 15) is 13.6 Å². The molecule has 0 saturated heterocycles. The smallest absolute Gasteiger partial charge is 0.243 e. The van der Waals surface area contributed by atoms with Crippen molar-refractivity contribution in [3.05, 3.63) is 47.0 Å². The predicted octanol–water partition coefficient (Wildman–Crippen LogP) is 1.20. The van der Waals surface area contributed by atoms with Crippen LogP contribution in [0.1, 0.15) is 23.0 Å². The number of fused-ring (bicyclic) bond motifs is 1. The van der Waals surface area contributed by atoms with Crippen molar-refractivity contribution in [3.8, 4) is 5.75 Å². The Morgan fingerprint density at radius 1 is 1.43 bits per heavy atom. The Bertz CT molecular complexity index is 732. The van der Waals surface area contributed by atoms with Crippen molar-refractivity contribution in [1.82, 2.24) is 20.6 Å². The summed E-state index contributed by atoms with van der Waals surface area (Å²) in [6, 6.07) is 2.10. The summed E-state index contributed by atoms with van der Waals surface area (Å²) >= 11 is 0. The van der Waals surface area contributed by atoms with E-state index < -0.39 is 17.7 Å². The number of benzene rings is 1. The number of rotatable bonds is 4. The third kappa shape index (κ3) is 2.89. The second kappa shape index (κ2) is 6.33. The summed E-state index contributed by atoms with van der Waals surface area (Å²) in [4.78, 5) is 19.4. The molecular weight excluding hydrogens is 306 g/mol. The SMILES string of the molecule is COc1ccc(CNC(=O)C2NCCc3[nH]cnc32)c(F)c1F. The average Bonchev–Trinajstić information content (AvgIpc) is 3.04. The van der Waals surface area contributed by atoms with E-state index in [2.05, 4.69) is 20.6 Å². The fourth-order valence-electron chi connectivity index (χ4n) is 2.59. The second-order valence-corrected chi connectivity index (χ2v) is 5.18. The van der Waals surface area contributed by atoms with Crippen LogP contribution < -0.4 is 15.4 Å². The van der Waals surface area contributed by atoms with Crippen LogP contribution in [0.3, 0.4) is 0 Å². The molecule has 1 aromatic heterocycles. The summed E-state index contributed by atoms with van der Waals surface area (Å²) in [7, 11) is 1.26. The van der Waals surface area contributed by atoms with Gasteiger partial charge in [-0.2, -0.15) is 4.39 Å². The zero-order valence-electron chi connectivity index (χ0n) is 12.5. The van der Waals surface area contributed by atoms with Gasteiger partial charge in [-0.1, -0.05) is 6.07 Å². The monoisotopic (exact) mass is 322 g/mol. The van der Waals surface area contributed by atoms with E-state index in [4.69, 9.17) is 4.74 Å². The van der Waals surface area contributed by atoms with Crippen LogP contribution in [-0.4, -0.2) is 29.5 Å². The lowest BCUT2D eigenvalue weighted by atomic mass is 10.0. The van der Waals surface area contributed by atoms with E-state index in [1.165, 1.54) is 25.6 Å². The Morgan fingerprint density at radius 2 is 2.26 bits per heavy atom. The molecule has 0 spiro atoms. The highest BCUT2D eigenvalue weighted by atomic mass is 19.2. The van der Waals surface area contributed by atoms with Crippen molar-refractivity contribution >= 4 is 5.91 Å². The lowest BCUT2D eigenvalue weighted by Crippen LogP contribution is -2.41. The number of H-pyrrole nitrogens is 1. The quantitative estimate of drug-likeness (QED) is 0.790. The molecule has 1 aliphatic heterocycles. The summed E-state index contributed by atoms with van der Waals surface area (Å²) in [6.45, 7) is 0.516. The Kier molecular flexibility index (Phi) is 4.24. The Morgan fingerprint density at radius 3 is 3.04 bits per heavy atom. The highest BCUT2D eigenvalue weighted by Crippen LogP contribution is 2.23. The number of imidazole rings is 1. The van der Waals surface area contributed by atoms with E-state index in [1.807, 2.05) is 0 Å². The Hall–Kier alpha value is -2.48. The summed E-state index contributed by atoms with van der Waals surface area (Å²) in [5.74, 6) is -2.60. The van der Waals surface area contributed by atoms with Gasteiger partial charge in [-0.25, -0.2) is 9.37 Å². The molecule has 0 saturated carbocycles. The molecule has 1 amide bonds. The lowest BCUT2D eigenvalue weighted by Gasteiger charge is -2.22. The molecule has 1 aliphatic rings. The molecule has 6 nitrogen and oxygen atoms in total. The van der Waals surface area contributed by atoms with Crippen molar-refractivity contribution in [3.63, 3.8) is 0 Å². The number of ether oxygens (including phenoxy) is 1. The number of carbonyl (C=O) groups is 1. The van der Waals surface area contributed by atoms with E-state index in [0.717, 1.165) is 12.1 Å². The first-order valence-electron chi connectivity index (χ1n) is 7.16. The van der Waals surface area contributed by atoms with Gasteiger partial charge in [-0.05, 0) is 6.07 Å². The molecular formula is C15H16F2N4O2. The van der Waals surface area contributed by atoms with Gasteiger partial charge in [0.1, 0.15) is 6.04 Å². The highest BCUT2D eigenvalue weighted by Gasteiger charge is 2.28. The van der Waals surface area contributed by atoms with Gasteiger partial charge >= 0.3 is 0 Å². The molecule has 122 valence electrons. The van der Waals surface area contributed by atoms with Crippen LogP contribution in [0.4, 0.5) is 8.78 Å². The lowest BCUT2D eigenvalue weighted by molar-refractivity contribution is -0.123. The van der Waals surface area contributed by atoms with E-state index in [0.29, 0.717) is 12.2 Å².